The molecule has 0 aliphatic heterocycles. The summed E-state index contributed by atoms with van der Waals surface area (Å²) in [5, 5.41) is 20.9. The van der Waals surface area contributed by atoms with E-state index in [1.807, 2.05) is 0 Å². The maximum Gasteiger partial charge on any atom is 0.277 e. The van der Waals surface area contributed by atoms with Crippen molar-refractivity contribution in [3.63, 3.8) is 0 Å². The number of nitro benzene ring substituents is 1. The molecule has 0 saturated carbocycles. The van der Waals surface area contributed by atoms with Crippen molar-refractivity contribution < 1.29 is 23.3 Å². The largest absolute Gasteiger partial charge is 0.497 e. The number of amides is 1. The maximum atomic E-state index is 13.7. The number of benzene rings is 2. The second kappa shape index (κ2) is 8.48. The summed E-state index contributed by atoms with van der Waals surface area (Å²) in [4.78, 5) is 22.1. The third-order valence-corrected chi connectivity index (χ3v) is 4.32. The molecule has 11 heteroatoms. The van der Waals surface area contributed by atoms with Crippen LogP contribution in [0.1, 0.15) is 0 Å². The van der Waals surface area contributed by atoms with Crippen molar-refractivity contribution in [3.05, 3.63) is 58.4 Å². The summed E-state index contributed by atoms with van der Waals surface area (Å²) in [6.07, 6.45) is 0. The molecule has 0 radical (unpaired) electrons. The molecule has 3 aromatic rings. The van der Waals surface area contributed by atoms with Crippen molar-refractivity contribution in [1.82, 2.24) is 10.2 Å². The zero-order chi connectivity index (χ0) is 20.1. The molecule has 1 heterocycles. The van der Waals surface area contributed by atoms with Crippen LogP contribution in [0.5, 0.6) is 5.75 Å². The minimum Gasteiger partial charge on any atom is -0.497 e. The summed E-state index contributed by atoms with van der Waals surface area (Å²) in [7, 11) is 1.56. The highest BCUT2D eigenvalue weighted by molar-refractivity contribution is 7.99. The molecule has 1 amide bonds. The number of methoxy groups -OCH3 is 1. The van der Waals surface area contributed by atoms with Gasteiger partial charge in [0, 0.05) is 17.7 Å². The van der Waals surface area contributed by atoms with E-state index in [1.54, 1.807) is 31.4 Å². The number of nitrogens with one attached hydrogen (secondary N) is 1. The van der Waals surface area contributed by atoms with Crippen LogP contribution >= 0.6 is 11.8 Å². The number of aromatic nitrogens is 2. The number of anilines is 1. The molecule has 0 unspecified atom stereocenters. The molecule has 9 nitrogen and oxygen atoms in total. The minimum absolute atomic E-state index is 0.146. The lowest BCUT2D eigenvalue weighted by molar-refractivity contribution is -0.384. The van der Waals surface area contributed by atoms with Crippen molar-refractivity contribution in [1.29, 1.82) is 0 Å². The molecule has 0 atom stereocenters. The van der Waals surface area contributed by atoms with E-state index in [1.165, 1.54) is 0 Å². The molecule has 0 aliphatic rings. The smallest absolute Gasteiger partial charge is 0.277 e. The number of hydrogen-bond acceptors (Lipinski definition) is 8. The first-order valence-corrected chi connectivity index (χ1v) is 8.79. The fourth-order valence-electron chi connectivity index (χ4n) is 2.15. The number of halogens is 1. The molecule has 0 saturated heterocycles. The number of carbonyl (C=O) groups is 1. The normalized spacial score (nSPS) is 10.5. The highest BCUT2D eigenvalue weighted by Crippen LogP contribution is 2.25. The predicted molar refractivity (Wildman–Crippen MR) is 98.7 cm³/mol. The van der Waals surface area contributed by atoms with Gasteiger partial charge in [-0.25, -0.2) is 4.39 Å². The Morgan fingerprint density at radius 1 is 1.29 bits per heavy atom. The van der Waals surface area contributed by atoms with Crippen molar-refractivity contribution >= 4 is 29.0 Å². The van der Waals surface area contributed by atoms with Crippen LogP contribution in [-0.4, -0.2) is 33.9 Å². The number of hydrogen-bond donors (Lipinski definition) is 1. The van der Waals surface area contributed by atoms with E-state index < -0.39 is 16.6 Å². The lowest BCUT2D eigenvalue weighted by Gasteiger charge is -2.05. The molecular formula is C17H13FN4O5S. The van der Waals surface area contributed by atoms with E-state index in [0.717, 1.165) is 30.0 Å². The third-order valence-electron chi connectivity index (χ3n) is 3.51. The number of thioether (sulfide) groups is 1. The summed E-state index contributed by atoms with van der Waals surface area (Å²) < 4.78 is 24.3. The van der Waals surface area contributed by atoms with Gasteiger partial charge in [-0.1, -0.05) is 11.8 Å². The van der Waals surface area contributed by atoms with Crippen LogP contribution in [0, 0.1) is 15.9 Å². The first kappa shape index (κ1) is 19.3. The standard InChI is InChI=1S/C17H13FN4O5S/c1-26-12-5-2-10(3-6-12)16-20-21-17(27-16)28-9-15(23)19-14-8-11(22(24)25)4-7-13(14)18/h2-8H,9H2,1H3,(H,19,23). The van der Waals surface area contributed by atoms with Gasteiger partial charge in [-0.05, 0) is 30.3 Å². The van der Waals surface area contributed by atoms with Gasteiger partial charge in [0.25, 0.3) is 10.9 Å². The van der Waals surface area contributed by atoms with Crippen LogP contribution < -0.4 is 10.1 Å². The number of ether oxygens (including phenoxy) is 1. The first-order chi connectivity index (χ1) is 13.5. The Labute approximate surface area is 162 Å². The van der Waals surface area contributed by atoms with Crippen LogP contribution in [0.3, 0.4) is 0 Å². The topological polar surface area (TPSA) is 120 Å². The van der Waals surface area contributed by atoms with Gasteiger partial charge >= 0.3 is 0 Å². The van der Waals surface area contributed by atoms with Crippen LogP contribution in [0.4, 0.5) is 15.8 Å². The predicted octanol–water partition coefficient (Wildman–Crippen LogP) is 3.52. The molecule has 0 spiro atoms. The third kappa shape index (κ3) is 4.62. The Bertz CT molecular complexity index is 1010. The number of rotatable bonds is 7. The van der Waals surface area contributed by atoms with E-state index in [2.05, 4.69) is 15.5 Å². The van der Waals surface area contributed by atoms with Gasteiger partial charge in [0.15, 0.2) is 0 Å². The van der Waals surface area contributed by atoms with Gasteiger partial charge in [0.05, 0.1) is 23.5 Å². The number of nitro groups is 1. The van der Waals surface area contributed by atoms with E-state index in [-0.39, 0.29) is 28.2 Å². The summed E-state index contributed by atoms with van der Waals surface area (Å²) in [5.74, 6) is -0.540. The molecule has 0 aliphatic carbocycles. The second-order valence-electron chi connectivity index (χ2n) is 5.36. The molecule has 0 bridgehead atoms. The Balaban J connectivity index is 1.60. The van der Waals surface area contributed by atoms with E-state index >= 15 is 0 Å². The molecule has 3 rings (SSSR count). The van der Waals surface area contributed by atoms with E-state index in [9.17, 15) is 19.3 Å². The van der Waals surface area contributed by atoms with Gasteiger partial charge in [-0.3, -0.25) is 14.9 Å². The van der Waals surface area contributed by atoms with Gasteiger partial charge in [-0.2, -0.15) is 0 Å². The molecular weight excluding hydrogens is 391 g/mol. The monoisotopic (exact) mass is 404 g/mol. The van der Waals surface area contributed by atoms with Crippen molar-refractivity contribution in [2.75, 3.05) is 18.2 Å². The van der Waals surface area contributed by atoms with Gasteiger partial charge in [0.2, 0.25) is 11.8 Å². The first-order valence-electron chi connectivity index (χ1n) is 7.81. The molecule has 1 aromatic heterocycles. The van der Waals surface area contributed by atoms with Crippen LogP contribution in [-0.2, 0) is 4.79 Å². The van der Waals surface area contributed by atoms with Crippen molar-refractivity contribution in [2.24, 2.45) is 0 Å². The highest BCUT2D eigenvalue weighted by atomic mass is 32.2. The minimum atomic E-state index is -0.775. The summed E-state index contributed by atoms with van der Waals surface area (Å²) >= 11 is 0.954. The SMILES string of the molecule is COc1ccc(-c2nnc(SCC(=O)Nc3cc([N+](=O)[O-])ccc3F)o2)cc1. The molecule has 2 aromatic carbocycles. The Morgan fingerprint density at radius 2 is 2.04 bits per heavy atom. The van der Waals surface area contributed by atoms with Crippen LogP contribution in [0.15, 0.2) is 52.1 Å². The van der Waals surface area contributed by atoms with Crippen molar-refractivity contribution in [3.8, 4) is 17.2 Å². The fourth-order valence-corrected chi connectivity index (χ4v) is 2.72. The highest BCUT2D eigenvalue weighted by Gasteiger charge is 2.15. The quantitative estimate of drug-likeness (QED) is 0.361. The maximum absolute atomic E-state index is 13.7. The Morgan fingerprint density at radius 3 is 2.71 bits per heavy atom. The van der Waals surface area contributed by atoms with Crippen LogP contribution in [0.25, 0.3) is 11.5 Å². The molecule has 144 valence electrons. The van der Waals surface area contributed by atoms with Gasteiger partial charge < -0.3 is 14.5 Å². The second-order valence-corrected chi connectivity index (χ2v) is 6.29. The zero-order valence-corrected chi connectivity index (χ0v) is 15.2. The van der Waals surface area contributed by atoms with Gasteiger partial charge in [0.1, 0.15) is 11.6 Å². The number of non-ortho nitro benzene ring substituents is 1. The number of nitrogens with zero attached hydrogens (tertiary/aromatic N) is 3. The summed E-state index contributed by atoms with van der Waals surface area (Å²) in [6, 6.07) is 9.86. The van der Waals surface area contributed by atoms with Crippen molar-refractivity contribution in [2.45, 2.75) is 5.22 Å². The lowest BCUT2D eigenvalue weighted by atomic mass is 10.2. The van der Waals surface area contributed by atoms with E-state index in [4.69, 9.17) is 9.15 Å². The summed E-state index contributed by atoms with van der Waals surface area (Å²) in [6.45, 7) is 0. The average molecular weight is 404 g/mol. The van der Waals surface area contributed by atoms with Crippen LogP contribution in [0.2, 0.25) is 0 Å². The fraction of sp³-hybridized carbons (Fsp3) is 0.118. The van der Waals surface area contributed by atoms with Gasteiger partial charge in [-0.15, -0.1) is 10.2 Å². The Hall–Kier alpha value is -3.47. The average Bonchev–Trinajstić information content (AvgIpc) is 3.17. The molecule has 28 heavy (non-hydrogen) atoms. The summed E-state index contributed by atoms with van der Waals surface area (Å²) in [5.41, 5.74) is 0.0814. The molecule has 1 N–H and O–H groups in total. The molecule has 0 fully saturated rings. The van der Waals surface area contributed by atoms with E-state index in [0.29, 0.717) is 11.3 Å². The lowest BCUT2D eigenvalue weighted by Crippen LogP contribution is -2.15. The Kier molecular flexibility index (Phi) is 5.84. The number of carbonyl (C=O) groups excluding carboxylic acids is 1. The zero-order valence-electron chi connectivity index (χ0n) is 14.4.